The molecule has 0 fully saturated rings. The summed E-state index contributed by atoms with van der Waals surface area (Å²) < 4.78 is 300. The Bertz CT molecular complexity index is 2530. The molecule has 64 heavy (non-hydrogen) atoms. The van der Waals surface area contributed by atoms with Crippen LogP contribution in [0.25, 0.3) is 0 Å². The highest BCUT2D eigenvalue weighted by molar-refractivity contribution is 7.20. The van der Waals surface area contributed by atoms with Crippen molar-refractivity contribution < 1.29 is 102 Å². The Balaban J connectivity index is 0.000000337. The van der Waals surface area contributed by atoms with Gasteiger partial charge < -0.3 is 4.74 Å². The van der Waals surface area contributed by atoms with E-state index in [2.05, 4.69) is 4.98 Å². The Morgan fingerprint density at radius 3 is 1.09 bits per heavy atom. The van der Waals surface area contributed by atoms with Gasteiger partial charge in [0.1, 0.15) is 64.9 Å². The van der Waals surface area contributed by atoms with E-state index in [-0.39, 0.29) is 6.61 Å². The van der Waals surface area contributed by atoms with E-state index in [1.54, 1.807) is 23.0 Å². The number of rotatable bonds is 8. The maximum Gasteiger partial charge on any atom is 0.406 e. The van der Waals surface area contributed by atoms with Gasteiger partial charge in [-0.05, 0) is 0 Å². The lowest BCUT2D eigenvalue weighted by Gasteiger charge is -2.44. The molecule has 0 unspecified atom stereocenters. The number of nitrogens with zero attached hydrogens (tertiary/aromatic N) is 3. The van der Waals surface area contributed by atoms with Gasteiger partial charge in [-0.3, -0.25) is 4.98 Å². The van der Waals surface area contributed by atoms with E-state index in [0.717, 1.165) is 5.56 Å². The SMILES string of the molecule is Fc1c(F)c(F)c([B-](c2c(F)c(F)c(F)c(F)c2F)(c2c(F)c(F)c(F)c(F)c2F)c2c(F)c(F)c(F)c(F)c2F)c(F)c1F.N#CCOC(=O)c1cncc[n+]1Cc1ccccc1. The van der Waals surface area contributed by atoms with Crippen molar-refractivity contribution in [3.8, 4) is 6.07 Å². The standard InChI is InChI=1S/C24BF20.C14H12N3O2/c26-5-1(6(27)14(35)21(42)13(5)34)25(2-7(28)15(36)22(43)16(37)8(2)29,3-9(30)17(38)23(44)18(39)10(3)31)4-11(32)19(40)24(45)20(41)12(4)33;15-6-9-19-14(18)13-10-16-7-8-17(13)11-12-4-2-1-3-5-12/h;1-5,7-8,10H,9,11H2/q-1;+1. The summed E-state index contributed by atoms with van der Waals surface area (Å²) in [5, 5.41) is 8.42. The quantitative estimate of drug-likeness (QED) is 0.0415. The normalized spacial score (nSPS) is 11.3. The molecular formula is C38H12BF20N3O2. The lowest BCUT2D eigenvalue weighted by Crippen LogP contribution is -2.81. The molecule has 0 bridgehead atoms. The monoisotopic (exact) mass is 933 g/mol. The van der Waals surface area contributed by atoms with Crippen molar-refractivity contribution in [1.29, 1.82) is 5.26 Å². The van der Waals surface area contributed by atoms with Crippen molar-refractivity contribution in [2.45, 2.75) is 6.54 Å². The summed E-state index contributed by atoms with van der Waals surface area (Å²) >= 11 is 0. The number of benzene rings is 5. The summed E-state index contributed by atoms with van der Waals surface area (Å²) in [7, 11) is 0. The van der Waals surface area contributed by atoms with Crippen LogP contribution in [0.4, 0.5) is 87.8 Å². The van der Waals surface area contributed by atoms with E-state index in [4.69, 9.17) is 10.00 Å². The van der Waals surface area contributed by atoms with Crippen molar-refractivity contribution in [2.24, 2.45) is 0 Å². The molecule has 6 rings (SSSR count). The second kappa shape index (κ2) is 18.3. The number of hydrogen-bond acceptors (Lipinski definition) is 4. The van der Waals surface area contributed by atoms with E-state index in [9.17, 15) is 57.5 Å². The number of esters is 1. The summed E-state index contributed by atoms with van der Waals surface area (Å²) in [4.78, 5) is 15.7. The molecule has 0 aliphatic carbocycles. The Morgan fingerprint density at radius 2 is 0.797 bits per heavy atom. The van der Waals surface area contributed by atoms with Crippen LogP contribution in [0.2, 0.25) is 0 Å². The first-order chi connectivity index (χ1) is 30.0. The second-order valence-electron chi connectivity index (χ2n) is 12.6. The van der Waals surface area contributed by atoms with E-state index in [0.29, 0.717) is 12.2 Å². The molecule has 5 aromatic carbocycles. The third-order valence-electron chi connectivity index (χ3n) is 9.22. The fraction of sp³-hybridized carbons (Fsp3) is 0.0526. The summed E-state index contributed by atoms with van der Waals surface area (Å²) in [5.41, 5.74) is -12.9. The largest absolute Gasteiger partial charge is 0.442 e. The van der Waals surface area contributed by atoms with Gasteiger partial charge in [-0.2, -0.15) is 9.83 Å². The van der Waals surface area contributed by atoms with Crippen LogP contribution in [0.1, 0.15) is 16.1 Å². The van der Waals surface area contributed by atoms with Crippen LogP contribution < -0.4 is 26.4 Å². The number of carbonyl (C=O) groups excluding carboxylic acids is 1. The molecule has 0 atom stereocenters. The van der Waals surface area contributed by atoms with E-state index in [1.165, 1.54) is 6.20 Å². The zero-order valence-electron chi connectivity index (χ0n) is 30.3. The first-order valence-electron chi connectivity index (χ1n) is 16.7. The van der Waals surface area contributed by atoms with Gasteiger partial charge in [0.25, 0.3) is 0 Å². The molecule has 6 aromatic rings. The Labute approximate surface area is 341 Å². The van der Waals surface area contributed by atoms with Crippen LogP contribution in [0.5, 0.6) is 0 Å². The van der Waals surface area contributed by atoms with E-state index in [1.807, 2.05) is 30.3 Å². The number of carbonyl (C=O) groups is 1. The Kier molecular flexibility index (Phi) is 13.7. The third kappa shape index (κ3) is 7.67. The van der Waals surface area contributed by atoms with Gasteiger partial charge in [-0.25, -0.2) is 92.6 Å². The molecule has 1 heterocycles. The van der Waals surface area contributed by atoms with Crippen molar-refractivity contribution in [1.82, 2.24) is 4.98 Å². The van der Waals surface area contributed by atoms with Gasteiger partial charge in [0.15, 0.2) is 89.2 Å². The number of aromatic nitrogens is 2. The number of halogens is 20. The molecule has 26 heteroatoms. The zero-order chi connectivity index (χ0) is 47.9. The van der Waals surface area contributed by atoms with E-state index >= 15 is 35.1 Å². The Morgan fingerprint density at radius 1 is 0.500 bits per heavy atom. The predicted molar refractivity (Wildman–Crippen MR) is 175 cm³/mol. The third-order valence-corrected chi connectivity index (χ3v) is 9.22. The molecule has 0 saturated heterocycles. The maximum atomic E-state index is 15.4. The van der Waals surface area contributed by atoms with Gasteiger partial charge in [0.2, 0.25) is 0 Å². The van der Waals surface area contributed by atoms with Crippen LogP contribution in [0, 0.1) is 128 Å². The minimum Gasteiger partial charge on any atom is -0.442 e. The number of ether oxygens (including phenoxy) is 1. The summed E-state index contributed by atoms with van der Waals surface area (Å²) in [6, 6.07) is 11.5. The maximum absolute atomic E-state index is 15.4. The van der Waals surface area contributed by atoms with Crippen molar-refractivity contribution in [3.63, 3.8) is 0 Å². The fourth-order valence-electron chi connectivity index (χ4n) is 6.52. The molecule has 0 amide bonds. The minimum atomic E-state index is -7.22. The molecule has 0 saturated carbocycles. The average Bonchev–Trinajstić information content (AvgIpc) is 3.28. The Hall–Kier alpha value is -7.20. The number of nitriles is 1. The lowest BCUT2D eigenvalue weighted by atomic mass is 9.12. The van der Waals surface area contributed by atoms with Gasteiger partial charge in [-0.1, -0.05) is 30.3 Å². The summed E-state index contributed by atoms with van der Waals surface area (Å²) in [6.07, 6.45) is -2.48. The molecule has 5 nitrogen and oxygen atoms in total. The van der Waals surface area contributed by atoms with Crippen molar-refractivity contribution in [3.05, 3.63) is 177 Å². The second-order valence-corrected chi connectivity index (χ2v) is 12.6. The van der Waals surface area contributed by atoms with Gasteiger partial charge in [0.05, 0.1) is 6.20 Å². The molecule has 0 aliphatic rings. The summed E-state index contributed by atoms with van der Waals surface area (Å²) in [6.45, 7) is 0.277. The van der Waals surface area contributed by atoms with Crippen LogP contribution in [0.3, 0.4) is 0 Å². The highest BCUT2D eigenvalue weighted by Crippen LogP contribution is 2.30. The number of hydrogen-bond donors (Lipinski definition) is 0. The molecule has 0 aliphatic heterocycles. The van der Waals surface area contributed by atoms with Crippen LogP contribution in [-0.2, 0) is 11.3 Å². The first-order valence-corrected chi connectivity index (χ1v) is 16.7. The zero-order valence-corrected chi connectivity index (χ0v) is 30.3. The lowest BCUT2D eigenvalue weighted by molar-refractivity contribution is -0.691. The summed E-state index contributed by atoms with van der Waals surface area (Å²) in [5.74, 6) is -72.0. The van der Waals surface area contributed by atoms with Crippen LogP contribution in [0.15, 0.2) is 48.9 Å². The molecule has 0 spiro atoms. The highest BCUT2D eigenvalue weighted by Gasteiger charge is 2.52. The van der Waals surface area contributed by atoms with Crippen molar-refractivity contribution in [2.75, 3.05) is 6.61 Å². The van der Waals surface area contributed by atoms with Gasteiger partial charge in [-0.15, -0.1) is 21.9 Å². The fourth-order valence-corrected chi connectivity index (χ4v) is 6.52. The molecular weight excluding hydrogens is 921 g/mol. The molecule has 1 aromatic heterocycles. The average molecular weight is 933 g/mol. The minimum absolute atomic E-state index is 0.265. The first kappa shape index (κ1) is 47.8. The van der Waals surface area contributed by atoms with Crippen molar-refractivity contribution >= 4 is 34.0 Å². The molecule has 334 valence electrons. The van der Waals surface area contributed by atoms with Gasteiger partial charge in [0, 0.05) is 5.56 Å². The highest BCUT2D eigenvalue weighted by atomic mass is 19.2. The predicted octanol–water partition coefficient (Wildman–Crippen LogP) is 6.94. The molecule has 0 N–H and O–H groups in total. The van der Waals surface area contributed by atoms with Crippen LogP contribution >= 0.6 is 0 Å². The van der Waals surface area contributed by atoms with E-state index < -0.39 is 150 Å². The topological polar surface area (TPSA) is 66.9 Å². The van der Waals surface area contributed by atoms with Gasteiger partial charge >= 0.3 is 11.7 Å². The molecule has 0 radical (unpaired) electrons. The van der Waals surface area contributed by atoms with Crippen LogP contribution in [-0.4, -0.2) is 23.7 Å². The smallest absolute Gasteiger partial charge is 0.406 e.